The molecule has 186 valence electrons. The van der Waals surface area contributed by atoms with E-state index in [4.69, 9.17) is 4.74 Å². The summed E-state index contributed by atoms with van der Waals surface area (Å²) < 4.78 is 70.8. The van der Waals surface area contributed by atoms with E-state index in [1.807, 2.05) is 18.2 Å². The molecule has 4 aromatic rings. The van der Waals surface area contributed by atoms with Crippen molar-refractivity contribution in [1.29, 1.82) is 0 Å². The molecule has 36 heavy (non-hydrogen) atoms. The molecule has 0 saturated heterocycles. The number of alkyl halides is 3. The summed E-state index contributed by atoms with van der Waals surface area (Å²) in [6.45, 7) is 1.80. The van der Waals surface area contributed by atoms with Gasteiger partial charge in [0.25, 0.3) is 0 Å². The fourth-order valence-electron chi connectivity index (χ4n) is 3.14. The van der Waals surface area contributed by atoms with E-state index >= 15 is 0 Å². The van der Waals surface area contributed by atoms with E-state index in [1.165, 1.54) is 0 Å². The largest absolute Gasteiger partial charge is 0.534 e. The predicted octanol–water partition coefficient (Wildman–Crippen LogP) is 5.61. The quantitative estimate of drug-likeness (QED) is 0.143. The summed E-state index contributed by atoms with van der Waals surface area (Å²) in [5.74, 6) is 0.181. The topological polar surface area (TPSA) is 134 Å². The molecule has 4 rings (SSSR count). The molecular weight excluding hydrogens is 505 g/mol. The average molecular weight is 520 g/mol. The number of nitrogens with zero attached hydrogens (tertiary/aromatic N) is 3. The SMILES string of the molecule is Cc1cc(Nc2ncnc3cc(OS(=O)(=O)C(F)(F)F)c([N+](=O)[O-])cc23)ccc1Oc1ccccc1. The molecule has 10 nitrogen and oxygen atoms in total. The zero-order chi connectivity index (χ0) is 26.1. The van der Waals surface area contributed by atoms with Crippen molar-refractivity contribution in [3.63, 3.8) is 0 Å². The Bertz CT molecular complexity index is 1560. The Morgan fingerprint density at radius 3 is 2.36 bits per heavy atom. The van der Waals surface area contributed by atoms with Crippen LogP contribution in [0.2, 0.25) is 0 Å². The van der Waals surface area contributed by atoms with Gasteiger partial charge in [-0.3, -0.25) is 10.1 Å². The predicted molar refractivity (Wildman–Crippen MR) is 123 cm³/mol. The lowest BCUT2D eigenvalue weighted by Crippen LogP contribution is -2.28. The van der Waals surface area contributed by atoms with E-state index < -0.39 is 32.0 Å². The summed E-state index contributed by atoms with van der Waals surface area (Å²) in [6, 6.07) is 15.8. The number of nitro groups is 1. The summed E-state index contributed by atoms with van der Waals surface area (Å²) in [7, 11) is -6.14. The molecule has 0 saturated carbocycles. The number of hydrogen-bond donors (Lipinski definition) is 1. The second-order valence-electron chi connectivity index (χ2n) is 7.32. The third kappa shape index (κ3) is 5.12. The highest BCUT2D eigenvalue weighted by Crippen LogP contribution is 2.38. The van der Waals surface area contributed by atoms with Crippen LogP contribution in [0.25, 0.3) is 10.9 Å². The molecule has 0 unspecified atom stereocenters. The fourth-order valence-corrected chi connectivity index (χ4v) is 3.61. The zero-order valence-electron chi connectivity index (χ0n) is 18.2. The number of halogens is 3. The van der Waals surface area contributed by atoms with Crippen LogP contribution < -0.4 is 14.2 Å². The molecule has 0 atom stereocenters. The van der Waals surface area contributed by atoms with Gasteiger partial charge in [0.05, 0.1) is 15.8 Å². The van der Waals surface area contributed by atoms with Crippen molar-refractivity contribution in [3.8, 4) is 17.2 Å². The van der Waals surface area contributed by atoms with Crippen LogP contribution in [0.1, 0.15) is 5.56 Å². The number of fused-ring (bicyclic) bond motifs is 1. The fraction of sp³-hybridized carbons (Fsp3) is 0.0909. The Labute approximate surface area is 201 Å². The normalized spacial score (nSPS) is 11.8. The molecule has 0 radical (unpaired) electrons. The molecule has 0 aliphatic heterocycles. The zero-order valence-corrected chi connectivity index (χ0v) is 19.0. The molecule has 0 spiro atoms. The van der Waals surface area contributed by atoms with Gasteiger partial charge >= 0.3 is 21.3 Å². The Morgan fingerprint density at radius 2 is 1.72 bits per heavy atom. The molecule has 14 heteroatoms. The molecule has 0 aliphatic carbocycles. The van der Waals surface area contributed by atoms with Gasteiger partial charge in [0, 0.05) is 17.8 Å². The van der Waals surface area contributed by atoms with Gasteiger partial charge in [0.2, 0.25) is 5.75 Å². The van der Waals surface area contributed by atoms with Crippen molar-refractivity contribution in [2.45, 2.75) is 12.4 Å². The molecular formula is C22H15F3N4O6S. The van der Waals surface area contributed by atoms with Crippen molar-refractivity contribution in [2.24, 2.45) is 0 Å². The minimum absolute atomic E-state index is 0.0446. The van der Waals surface area contributed by atoms with E-state index in [0.29, 0.717) is 17.2 Å². The molecule has 0 aliphatic rings. The van der Waals surface area contributed by atoms with Crippen molar-refractivity contribution < 1.29 is 35.4 Å². The van der Waals surface area contributed by atoms with Crippen LogP contribution in [-0.4, -0.2) is 28.8 Å². The van der Waals surface area contributed by atoms with E-state index in [9.17, 15) is 31.7 Å². The summed E-state index contributed by atoms with van der Waals surface area (Å²) in [5.41, 5.74) is -5.61. The summed E-state index contributed by atoms with van der Waals surface area (Å²) >= 11 is 0. The molecule has 0 amide bonds. The third-order valence-corrected chi connectivity index (χ3v) is 5.77. The van der Waals surface area contributed by atoms with Gasteiger partial charge in [-0.1, -0.05) is 18.2 Å². The number of para-hydroxylation sites is 1. The smallest absolute Gasteiger partial charge is 0.457 e. The van der Waals surface area contributed by atoms with Gasteiger partial charge < -0.3 is 14.2 Å². The summed E-state index contributed by atoms with van der Waals surface area (Å²) in [4.78, 5) is 18.3. The number of aryl methyl sites for hydroxylation is 1. The number of nitrogens with one attached hydrogen (secondary N) is 1. The first-order chi connectivity index (χ1) is 16.9. The van der Waals surface area contributed by atoms with Gasteiger partial charge in [-0.05, 0) is 42.8 Å². The van der Waals surface area contributed by atoms with Crippen LogP contribution in [-0.2, 0) is 10.1 Å². The molecule has 0 bridgehead atoms. The maximum absolute atomic E-state index is 12.7. The maximum Gasteiger partial charge on any atom is 0.534 e. The highest BCUT2D eigenvalue weighted by molar-refractivity contribution is 7.88. The first-order valence-corrected chi connectivity index (χ1v) is 11.4. The molecule has 1 N–H and O–H groups in total. The van der Waals surface area contributed by atoms with Gasteiger partial charge in [0.1, 0.15) is 23.6 Å². The highest BCUT2D eigenvalue weighted by atomic mass is 32.2. The van der Waals surface area contributed by atoms with Crippen LogP contribution in [0.15, 0.2) is 67.0 Å². The van der Waals surface area contributed by atoms with Crippen molar-refractivity contribution in [1.82, 2.24) is 9.97 Å². The summed E-state index contributed by atoms with van der Waals surface area (Å²) in [6.07, 6.45) is 1.05. The number of anilines is 2. The van der Waals surface area contributed by atoms with Crippen molar-refractivity contribution >= 4 is 38.2 Å². The lowest BCUT2D eigenvalue weighted by Gasteiger charge is -2.13. The van der Waals surface area contributed by atoms with E-state index in [-0.39, 0.29) is 16.7 Å². The van der Waals surface area contributed by atoms with Gasteiger partial charge in [-0.2, -0.15) is 21.6 Å². The van der Waals surface area contributed by atoms with Crippen molar-refractivity contribution in [3.05, 3.63) is 82.7 Å². The highest BCUT2D eigenvalue weighted by Gasteiger charge is 2.49. The molecule has 1 aromatic heterocycles. The average Bonchev–Trinajstić information content (AvgIpc) is 2.80. The minimum atomic E-state index is -6.14. The number of aromatic nitrogens is 2. The lowest BCUT2D eigenvalue weighted by atomic mass is 10.1. The Morgan fingerprint density at radius 1 is 1.00 bits per heavy atom. The van der Waals surface area contributed by atoms with Crippen LogP contribution >= 0.6 is 0 Å². The Kier molecular flexibility index (Phi) is 6.37. The number of benzene rings is 3. The Balaban J connectivity index is 1.68. The molecule has 0 fully saturated rings. The van der Waals surface area contributed by atoms with Crippen LogP contribution in [0.5, 0.6) is 17.2 Å². The van der Waals surface area contributed by atoms with Gasteiger partial charge in [0.15, 0.2) is 0 Å². The molecule has 3 aromatic carbocycles. The monoisotopic (exact) mass is 520 g/mol. The first-order valence-electron chi connectivity index (χ1n) is 9.99. The minimum Gasteiger partial charge on any atom is -0.457 e. The van der Waals surface area contributed by atoms with Crippen molar-refractivity contribution in [2.75, 3.05) is 5.32 Å². The number of ether oxygens (including phenoxy) is 1. The van der Waals surface area contributed by atoms with E-state index in [0.717, 1.165) is 24.0 Å². The van der Waals surface area contributed by atoms with E-state index in [1.54, 1.807) is 37.3 Å². The van der Waals surface area contributed by atoms with E-state index in [2.05, 4.69) is 19.5 Å². The lowest BCUT2D eigenvalue weighted by molar-refractivity contribution is -0.385. The number of nitro benzene ring substituents is 1. The van der Waals surface area contributed by atoms with Crippen LogP contribution in [0.3, 0.4) is 0 Å². The second kappa shape index (κ2) is 9.30. The van der Waals surface area contributed by atoms with Gasteiger partial charge in [-0.25, -0.2) is 9.97 Å². The first kappa shape index (κ1) is 24.7. The summed E-state index contributed by atoms with van der Waals surface area (Å²) in [5, 5.41) is 14.5. The van der Waals surface area contributed by atoms with Crippen LogP contribution in [0.4, 0.5) is 30.4 Å². The van der Waals surface area contributed by atoms with Crippen LogP contribution in [0, 0.1) is 17.0 Å². The maximum atomic E-state index is 12.7. The number of rotatable bonds is 7. The third-order valence-electron chi connectivity index (χ3n) is 4.80. The van der Waals surface area contributed by atoms with Gasteiger partial charge in [-0.15, -0.1) is 0 Å². The second-order valence-corrected chi connectivity index (χ2v) is 8.86. The standard InChI is InChI=1S/C22H15F3N4O6S/c1-13-9-14(7-8-19(13)34-15-5-3-2-4-6-15)28-21-16-10-18(29(30)31)20(11-17(16)26-12-27-21)35-36(32,33)22(23,24)25/h2-12H,1H3,(H,26,27,28). The Hall–Kier alpha value is -4.46. The number of hydrogen-bond acceptors (Lipinski definition) is 9. The molecule has 1 heterocycles.